The molecule has 0 aliphatic heterocycles. The highest BCUT2D eigenvalue weighted by Gasteiger charge is 2.31. The monoisotopic (exact) mass is 452 g/mol. The number of alkyl halides is 3. The van der Waals surface area contributed by atoms with Gasteiger partial charge in [0.05, 0.1) is 28.6 Å². The summed E-state index contributed by atoms with van der Waals surface area (Å²) in [5.74, 6) is 0.258. The largest absolute Gasteiger partial charge is 0.416 e. The average Bonchev–Trinajstić information content (AvgIpc) is 3.27. The van der Waals surface area contributed by atoms with E-state index in [1.54, 1.807) is 24.3 Å². The van der Waals surface area contributed by atoms with Crippen LogP contribution in [-0.4, -0.2) is 23.9 Å². The van der Waals surface area contributed by atoms with E-state index in [1.165, 1.54) is 37.0 Å². The van der Waals surface area contributed by atoms with Gasteiger partial charge in [0.15, 0.2) is 5.82 Å². The summed E-state index contributed by atoms with van der Waals surface area (Å²) in [6.45, 7) is 1.46. The van der Waals surface area contributed by atoms with Gasteiger partial charge in [0.1, 0.15) is 12.0 Å². The van der Waals surface area contributed by atoms with E-state index in [9.17, 15) is 22.8 Å². The highest BCUT2D eigenvalue weighted by atomic mass is 19.4. The molecule has 166 valence electrons. The Kier molecular flexibility index (Phi) is 5.21. The fourth-order valence-electron chi connectivity index (χ4n) is 3.49. The second-order valence-electron chi connectivity index (χ2n) is 7.18. The number of rotatable bonds is 3. The molecule has 4 rings (SSSR count). The third kappa shape index (κ3) is 3.71. The molecular weight excluding hydrogens is 437 g/mol. The van der Waals surface area contributed by atoms with Gasteiger partial charge < -0.3 is 0 Å². The van der Waals surface area contributed by atoms with Crippen molar-refractivity contribution in [2.45, 2.75) is 13.1 Å². The third-order valence-electron chi connectivity index (χ3n) is 5.16. The van der Waals surface area contributed by atoms with Gasteiger partial charge in [0.2, 0.25) is 0 Å². The number of nitriles is 1. The summed E-state index contributed by atoms with van der Waals surface area (Å²) < 4.78 is 42.9. The van der Waals surface area contributed by atoms with Gasteiger partial charge in [0, 0.05) is 12.6 Å². The van der Waals surface area contributed by atoms with Crippen LogP contribution in [0.1, 0.15) is 16.8 Å². The van der Waals surface area contributed by atoms with Crippen molar-refractivity contribution in [3.8, 4) is 28.8 Å². The molecule has 0 N–H and O–H groups in total. The maximum absolute atomic E-state index is 13.2. The van der Waals surface area contributed by atoms with Crippen LogP contribution in [0.5, 0.6) is 0 Å². The highest BCUT2D eigenvalue weighted by molar-refractivity contribution is 5.60. The molecule has 0 aliphatic carbocycles. The molecular formula is C22H15F3N6O2. The van der Waals surface area contributed by atoms with E-state index in [0.29, 0.717) is 11.1 Å². The molecule has 0 unspecified atom stereocenters. The van der Waals surface area contributed by atoms with Crippen molar-refractivity contribution >= 4 is 0 Å². The first-order chi connectivity index (χ1) is 15.6. The van der Waals surface area contributed by atoms with E-state index < -0.39 is 23.0 Å². The van der Waals surface area contributed by atoms with Crippen LogP contribution in [0.25, 0.3) is 22.8 Å². The molecule has 33 heavy (non-hydrogen) atoms. The van der Waals surface area contributed by atoms with Crippen LogP contribution < -0.4 is 11.2 Å². The summed E-state index contributed by atoms with van der Waals surface area (Å²) in [4.78, 5) is 25.9. The first kappa shape index (κ1) is 21.8. The van der Waals surface area contributed by atoms with Crippen molar-refractivity contribution in [1.82, 2.24) is 23.9 Å². The summed E-state index contributed by atoms with van der Waals surface area (Å²) in [5.41, 5.74) is -1.36. The molecule has 2 aromatic heterocycles. The topological polar surface area (TPSA) is 98.5 Å². The molecule has 0 spiro atoms. The van der Waals surface area contributed by atoms with Crippen molar-refractivity contribution in [3.05, 3.63) is 92.5 Å². The third-order valence-corrected chi connectivity index (χ3v) is 5.16. The van der Waals surface area contributed by atoms with Crippen LogP contribution in [0.3, 0.4) is 0 Å². The first-order valence-electron chi connectivity index (χ1n) is 9.54. The molecule has 0 saturated heterocycles. The molecule has 2 aromatic carbocycles. The number of benzene rings is 2. The van der Waals surface area contributed by atoms with Crippen LogP contribution in [0.15, 0.2) is 64.4 Å². The molecule has 0 radical (unpaired) electrons. The molecule has 11 heteroatoms. The van der Waals surface area contributed by atoms with Gasteiger partial charge in [-0.05, 0) is 49.4 Å². The second kappa shape index (κ2) is 7.90. The smallest absolute Gasteiger partial charge is 0.275 e. The van der Waals surface area contributed by atoms with E-state index in [2.05, 4.69) is 10.2 Å². The minimum atomic E-state index is -4.60. The zero-order valence-electron chi connectivity index (χ0n) is 17.3. The fraction of sp³-hybridized carbons (Fsp3) is 0.136. The Bertz CT molecular complexity index is 1520. The van der Waals surface area contributed by atoms with Crippen LogP contribution in [0.2, 0.25) is 0 Å². The van der Waals surface area contributed by atoms with Crippen molar-refractivity contribution in [2.75, 3.05) is 0 Å². The average molecular weight is 452 g/mol. The molecule has 0 saturated carbocycles. The molecule has 8 nitrogen and oxygen atoms in total. The number of halogens is 3. The zero-order valence-corrected chi connectivity index (χ0v) is 17.3. The zero-order chi connectivity index (χ0) is 23.9. The van der Waals surface area contributed by atoms with E-state index in [1.807, 2.05) is 6.07 Å². The van der Waals surface area contributed by atoms with Crippen molar-refractivity contribution in [3.63, 3.8) is 0 Å². The second-order valence-corrected chi connectivity index (χ2v) is 7.18. The minimum Gasteiger partial charge on any atom is -0.275 e. The fourth-order valence-corrected chi connectivity index (χ4v) is 3.49. The van der Waals surface area contributed by atoms with Gasteiger partial charge in [-0.25, -0.2) is 4.79 Å². The molecule has 0 aliphatic rings. The normalized spacial score (nSPS) is 11.4. The SMILES string of the molecule is Cc1c(-n2cnnc2-c2ccc(C#N)cc2)c(=O)n(C)c(=O)n1-c1cccc(C(F)(F)F)c1. The Hall–Kier alpha value is -4.46. The Morgan fingerprint density at radius 1 is 1.06 bits per heavy atom. The molecule has 0 amide bonds. The summed E-state index contributed by atoms with van der Waals surface area (Å²) in [6, 6.07) is 12.7. The molecule has 4 aromatic rings. The Morgan fingerprint density at radius 3 is 2.39 bits per heavy atom. The lowest BCUT2D eigenvalue weighted by Gasteiger charge is -2.18. The van der Waals surface area contributed by atoms with Gasteiger partial charge in [-0.2, -0.15) is 18.4 Å². The minimum absolute atomic E-state index is 0.00104. The van der Waals surface area contributed by atoms with Crippen LogP contribution in [-0.2, 0) is 13.2 Å². The van der Waals surface area contributed by atoms with Crippen LogP contribution >= 0.6 is 0 Å². The number of hydrogen-bond donors (Lipinski definition) is 0. The highest BCUT2D eigenvalue weighted by Crippen LogP contribution is 2.30. The van der Waals surface area contributed by atoms with Gasteiger partial charge in [-0.1, -0.05) is 6.07 Å². The van der Waals surface area contributed by atoms with Crippen LogP contribution in [0, 0.1) is 18.3 Å². The molecule has 2 heterocycles. The lowest BCUT2D eigenvalue weighted by molar-refractivity contribution is -0.137. The lowest BCUT2D eigenvalue weighted by atomic mass is 10.1. The summed E-state index contributed by atoms with van der Waals surface area (Å²) in [5, 5.41) is 16.9. The predicted octanol–water partition coefficient (Wildman–Crippen LogP) is 2.98. The Balaban J connectivity index is 1.98. The lowest BCUT2D eigenvalue weighted by Crippen LogP contribution is -2.41. The summed E-state index contributed by atoms with van der Waals surface area (Å²) in [6.07, 6.45) is -3.33. The predicted molar refractivity (Wildman–Crippen MR) is 112 cm³/mol. The van der Waals surface area contributed by atoms with Gasteiger partial charge in [0.25, 0.3) is 5.56 Å². The maximum atomic E-state index is 13.2. The van der Waals surface area contributed by atoms with Crippen LogP contribution in [0.4, 0.5) is 13.2 Å². The molecule has 0 bridgehead atoms. The van der Waals surface area contributed by atoms with Crippen molar-refractivity contribution in [2.24, 2.45) is 7.05 Å². The summed E-state index contributed by atoms with van der Waals surface area (Å²) >= 11 is 0. The molecule has 0 atom stereocenters. The first-order valence-corrected chi connectivity index (χ1v) is 9.54. The number of nitrogens with zero attached hydrogens (tertiary/aromatic N) is 6. The number of aromatic nitrogens is 5. The quantitative estimate of drug-likeness (QED) is 0.476. The van der Waals surface area contributed by atoms with E-state index >= 15 is 0 Å². The standard InChI is InChI=1S/C22H15F3N6O2/c1-13-18(30-12-27-28-19(30)15-8-6-14(11-26)7-9-15)20(32)29(2)21(33)31(13)17-5-3-4-16(10-17)22(23,24)25/h3-10,12H,1-2H3. The number of hydrogen-bond acceptors (Lipinski definition) is 5. The van der Waals surface area contributed by atoms with Crippen molar-refractivity contribution in [1.29, 1.82) is 5.26 Å². The van der Waals surface area contributed by atoms with E-state index in [4.69, 9.17) is 5.26 Å². The molecule has 0 fully saturated rings. The van der Waals surface area contributed by atoms with Gasteiger partial charge in [-0.15, -0.1) is 10.2 Å². The van der Waals surface area contributed by atoms with Gasteiger partial charge >= 0.3 is 11.9 Å². The van der Waals surface area contributed by atoms with E-state index in [0.717, 1.165) is 21.3 Å². The maximum Gasteiger partial charge on any atom is 0.416 e. The Morgan fingerprint density at radius 2 is 1.76 bits per heavy atom. The summed E-state index contributed by atoms with van der Waals surface area (Å²) in [7, 11) is 1.24. The van der Waals surface area contributed by atoms with Gasteiger partial charge in [-0.3, -0.25) is 18.5 Å². The Labute approximate surface area is 184 Å². The van der Waals surface area contributed by atoms with Crippen molar-refractivity contribution < 1.29 is 13.2 Å². The van der Waals surface area contributed by atoms with E-state index in [-0.39, 0.29) is 22.9 Å².